The predicted octanol–water partition coefficient (Wildman–Crippen LogP) is 4.59. The Hall–Kier alpha value is -4.09. The third-order valence-corrected chi connectivity index (χ3v) is 6.54. The van der Waals surface area contributed by atoms with Crippen LogP contribution in [0.1, 0.15) is 16.8 Å². The number of allylic oxidation sites excluding steroid dienone is 1. The molecule has 0 bridgehead atoms. The minimum Gasteiger partial charge on any atom is -0.310 e. The van der Waals surface area contributed by atoms with Crippen LogP contribution in [0.5, 0.6) is 0 Å². The average Bonchev–Trinajstić information content (AvgIpc) is 3.09. The Balaban J connectivity index is 1.64. The minimum absolute atomic E-state index is 0.0187. The van der Waals surface area contributed by atoms with Gasteiger partial charge in [-0.05, 0) is 43.7 Å². The molecule has 0 saturated heterocycles. The van der Waals surface area contributed by atoms with E-state index >= 15 is 0 Å². The number of nitriles is 1. The summed E-state index contributed by atoms with van der Waals surface area (Å²) in [5, 5.41) is 13.6. The zero-order valence-electron chi connectivity index (χ0n) is 18.9. The normalized spacial score (nSPS) is 10.7. The van der Waals surface area contributed by atoms with Gasteiger partial charge in [0, 0.05) is 17.9 Å². The van der Waals surface area contributed by atoms with Gasteiger partial charge in [-0.3, -0.25) is 18.7 Å². The molecule has 0 saturated carbocycles. The summed E-state index contributed by atoms with van der Waals surface area (Å²) in [6.07, 6.45) is 1.62. The van der Waals surface area contributed by atoms with Gasteiger partial charge in [-0.2, -0.15) is 5.26 Å². The molecule has 0 aliphatic carbocycles. The van der Waals surface area contributed by atoms with E-state index in [-0.39, 0.29) is 23.8 Å². The third-order valence-electron chi connectivity index (χ3n) is 5.57. The van der Waals surface area contributed by atoms with Crippen LogP contribution < -0.4 is 10.9 Å². The van der Waals surface area contributed by atoms with Crippen LogP contribution in [0, 0.1) is 25.2 Å². The zero-order chi connectivity index (χ0) is 24.2. The number of benzene rings is 2. The molecule has 4 aromatic rings. The van der Waals surface area contributed by atoms with E-state index in [4.69, 9.17) is 0 Å². The molecule has 2 heterocycles. The maximum Gasteiger partial charge on any atom is 0.262 e. The van der Waals surface area contributed by atoms with Crippen molar-refractivity contribution in [3.05, 3.63) is 94.4 Å². The van der Waals surface area contributed by atoms with Crippen LogP contribution in [0.25, 0.3) is 16.6 Å². The summed E-state index contributed by atoms with van der Waals surface area (Å²) < 4.78 is 3.38. The van der Waals surface area contributed by atoms with Gasteiger partial charge in [0.1, 0.15) is 11.9 Å². The van der Waals surface area contributed by atoms with Crippen LogP contribution in [0.3, 0.4) is 0 Å². The van der Waals surface area contributed by atoms with Crippen LogP contribution >= 0.6 is 11.8 Å². The molecule has 8 heteroatoms. The number of rotatable bonds is 7. The van der Waals surface area contributed by atoms with Gasteiger partial charge in [0.2, 0.25) is 5.91 Å². The van der Waals surface area contributed by atoms with Crippen molar-refractivity contribution in [2.75, 3.05) is 11.1 Å². The fourth-order valence-electron chi connectivity index (χ4n) is 3.81. The van der Waals surface area contributed by atoms with Gasteiger partial charge in [0.15, 0.2) is 5.16 Å². The molecule has 0 radical (unpaired) electrons. The number of amides is 1. The molecule has 1 N–H and O–H groups in total. The summed E-state index contributed by atoms with van der Waals surface area (Å²) in [4.78, 5) is 30.5. The molecular weight excluding hydrogens is 446 g/mol. The van der Waals surface area contributed by atoms with Crippen molar-refractivity contribution in [2.45, 2.75) is 25.5 Å². The molecule has 0 aliphatic rings. The first kappa shape index (κ1) is 23.1. The number of thioether (sulfide) groups is 1. The summed E-state index contributed by atoms with van der Waals surface area (Å²) in [6, 6.07) is 18.9. The number of nitrogens with zero attached hydrogens (tertiary/aromatic N) is 4. The van der Waals surface area contributed by atoms with Crippen LogP contribution in [0.4, 0.5) is 5.82 Å². The number of nitrogens with one attached hydrogen (secondary N) is 1. The quantitative estimate of drug-likeness (QED) is 0.243. The van der Waals surface area contributed by atoms with Crippen LogP contribution in [-0.2, 0) is 11.3 Å². The molecule has 0 atom stereocenters. The Morgan fingerprint density at radius 1 is 1.18 bits per heavy atom. The van der Waals surface area contributed by atoms with Gasteiger partial charge >= 0.3 is 0 Å². The second-order valence-corrected chi connectivity index (χ2v) is 8.61. The maximum atomic E-state index is 13.0. The topological polar surface area (TPSA) is 92.7 Å². The highest BCUT2D eigenvalue weighted by Gasteiger charge is 2.21. The van der Waals surface area contributed by atoms with E-state index in [9.17, 15) is 14.9 Å². The lowest BCUT2D eigenvalue weighted by Crippen LogP contribution is -2.24. The number of carbonyl (C=O) groups is 1. The molecule has 0 spiro atoms. The van der Waals surface area contributed by atoms with Gasteiger partial charge in [-0.1, -0.05) is 48.2 Å². The molecule has 1 amide bonds. The first-order valence-corrected chi connectivity index (χ1v) is 11.6. The first-order valence-electron chi connectivity index (χ1n) is 10.7. The van der Waals surface area contributed by atoms with Gasteiger partial charge < -0.3 is 5.32 Å². The molecule has 4 rings (SSSR count). The van der Waals surface area contributed by atoms with Crippen LogP contribution in [0.2, 0.25) is 0 Å². The summed E-state index contributed by atoms with van der Waals surface area (Å²) in [5.74, 6) is 0.151. The SMILES string of the molecule is C=CCn1c(SCC(=O)Nc2c(C#N)c(C)c(C)n2-c2ccccc2)nc2ccccc2c1=O. The van der Waals surface area contributed by atoms with Crippen molar-refractivity contribution in [3.63, 3.8) is 0 Å². The lowest BCUT2D eigenvalue weighted by atomic mass is 10.2. The second-order valence-electron chi connectivity index (χ2n) is 7.67. The molecule has 2 aromatic carbocycles. The number of anilines is 1. The third kappa shape index (κ3) is 4.26. The van der Waals surface area contributed by atoms with Crippen molar-refractivity contribution < 1.29 is 4.79 Å². The van der Waals surface area contributed by atoms with E-state index in [1.807, 2.05) is 54.8 Å². The number of hydrogen-bond acceptors (Lipinski definition) is 5. The van der Waals surface area contributed by atoms with Gasteiger partial charge in [-0.25, -0.2) is 4.98 Å². The number of fused-ring (bicyclic) bond motifs is 1. The Labute approximate surface area is 201 Å². The molecule has 2 aromatic heterocycles. The molecule has 0 aliphatic heterocycles. The van der Waals surface area contributed by atoms with Crippen LogP contribution in [-0.4, -0.2) is 25.8 Å². The number of hydrogen-bond donors (Lipinski definition) is 1. The van der Waals surface area contributed by atoms with Crippen molar-refractivity contribution in [1.29, 1.82) is 5.26 Å². The highest BCUT2D eigenvalue weighted by molar-refractivity contribution is 7.99. The Morgan fingerprint density at radius 3 is 2.59 bits per heavy atom. The Kier molecular flexibility index (Phi) is 6.66. The van der Waals surface area contributed by atoms with Crippen molar-refractivity contribution >= 4 is 34.4 Å². The lowest BCUT2D eigenvalue weighted by molar-refractivity contribution is -0.113. The molecule has 170 valence electrons. The highest BCUT2D eigenvalue weighted by Crippen LogP contribution is 2.30. The smallest absolute Gasteiger partial charge is 0.262 e. The summed E-state index contributed by atoms with van der Waals surface area (Å²) in [5.41, 5.74) is 3.36. The summed E-state index contributed by atoms with van der Waals surface area (Å²) in [6.45, 7) is 7.80. The summed E-state index contributed by atoms with van der Waals surface area (Å²) in [7, 11) is 0. The van der Waals surface area contributed by atoms with E-state index in [1.54, 1.807) is 24.3 Å². The fraction of sp³-hybridized carbons (Fsp3) is 0.154. The van der Waals surface area contributed by atoms with E-state index in [2.05, 4.69) is 22.9 Å². The maximum absolute atomic E-state index is 13.0. The Bertz CT molecular complexity index is 1500. The number of carbonyl (C=O) groups excluding carboxylic acids is 1. The van der Waals surface area contributed by atoms with Gasteiger partial charge in [0.05, 0.1) is 22.2 Å². The number of para-hydroxylation sites is 2. The van der Waals surface area contributed by atoms with E-state index in [0.29, 0.717) is 27.4 Å². The van der Waals surface area contributed by atoms with Gasteiger partial charge in [0.25, 0.3) is 5.56 Å². The van der Waals surface area contributed by atoms with Gasteiger partial charge in [-0.15, -0.1) is 6.58 Å². The van der Waals surface area contributed by atoms with E-state index in [1.165, 1.54) is 16.3 Å². The lowest BCUT2D eigenvalue weighted by Gasteiger charge is -2.14. The second kappa shape index (κ2) is 9.81. The molecular formula is C26H23N5O2S. The Morgan fingerprint density at radius 2 is 1.88 bits per heavy atom. The monoisotopic (exact) mass is 469 g/mol. The largest absolute Gasteiger partial charge is 0.310 e. The summed E-state index contributed by atoms with van der Waals surface area (Å²) >= 11 is 1.17. The first-order chi connectivity index (χ1) is 16.5. The average molecular weight is 470 g/mol. The van der Waals surface area contributed by atoms with E-state index < -0.39 is 0 Å². The van der Waals surface area contributed by atoms with Crippen LogP contribution in [0.15, 0.2) is 77.2 Å². The molecule has 0 unspecified atom stereocenters. The van der Waals surface area contributed by atoms with Crippen molar-refractivity contribution in [1.82, 2.24) is 14.1 Å². The van der Waals surface area contributed by atoms with Crippen molar-refractivity contribution in [2.24, 2.45) is 0 Å². The highest BCUT2D eigenvalue weighted by atomic mass is 32.2. The predicted molar refractivity (Wildman–Crippen MR) is 136 cm³/mol. The molecule has 7 nitrogen and oxygen atoms in total. The molecule has 34 heavy (non-hydrogen) atoms. The fourth-order valence-corrected chi connectivity index (χ4v) is 4.62. The molecule has 0 fully saturated rings. The number of aromatic nitrogens is 3. The standard InChI is InChI=1S/C26H23N5O2S/c1-4-14-30-25(33)20-12-8-9-13-22(20)28-26(30)34-16-23(32)29-24-21(15-27)17(2)18(3)31(24)19-10-6-5-7-11-19/h4-13H,1,14,16H2,2-3H3,(H,29,32). The zero-order valence-corrected chi connectivity index (χ0v) is 19.7. The minimum atomic E-state index is -0.302. The van der Waals surface area contributed by atoms with Crippen molar-refractivity contribution in [3.8, 4) is 11.8 Å². The van der Waals surface area contributed by atoms with E-state index in [0.717, 1.165) is 16.9 Å².